The molecule has 0 aromatic heterocycles. The molecule has 0 radical (unpaired) electrons. The summed E-state index contributed by atoms with van der Waals surface area (Å²) in [7, 11) is -3.83. The molecule has 0 saturated carbocycles. The summed E-state index contributed by atoms with van der Waals surface area (Å²) in [6.45, 7) is 1.09. The fourth-order valence-corrected chi connectivity index (χ4v) is 3.82. The number of aliphatic hydroxyl groups excluding tert-OH is 3. The van der Waals surface area contributed by atoms with Gasteiger partial charge in [-0.1, -0.05) is 17.7 Å². The van der Waals surface area contributed by atoms with Crippen LogP contribution < -0.4 is 0 Å². The second-order valence-corrected chi connectivity index (χ2v) is 6.59. The van der Waals surface area contributed by atoms with Gasteiger partial charge in [0.2, 0.25) is 10.0 Å². The third kappa shape index (κ3) is 2.52. The molecule has 3 N–H and O–H groups in total. The Bertz CT molecular complexity index is 542. The lowest BCUT2D eigenvalue weighted by atomic mass is 10.1. The van der Waals surface area contributed by atoms with Crippen LogP contribution in [0.3, 0.4) is 0 Å². The molecule has 0 bridgehead atoms. The number of hydrogen-bond donors (Lipinski definition) is 3. The van der Waals surface area contributed by atoms with E-state index in [1.807, 2.05) is 6.92 Å². The molecule has 0 spiro atoms. The van der Waals surface area contributed by atoms with Gasteiger partial charge in [0.05, 0.1) is 29.8 Å². The predicted molar refractivity (Wildman–Crippen MR) is 68.0 cm³/mol. The molecule has 1 aliphatic rings. The van der Waals surface area contributed by atoms with Crippen molar-refractivity contribution in [3.63, 3.8) is 0 Å². The summed E-state index contributed by atoms with van der Waals surface area (Å²) in [5.41, 5.74) is 0.930. The van der Waals surface area contributed by atoms with Crippen LogP contribution >= 0.6 is 0 Å². The first-order chi connectivity index (χ1) is 8.87. The van der Waals surface area contributed by atoms with E-state index in [4.69, 9.17) is 0 Å². The van der Waals surface area contributed by atoms with E-state index in [2.05, 4.69) is 0 Å². The number of aryl methyl sites for hydroxylation is 1. The molecule has 0 unspecified atom stereocenters. The van der Waals surface area contributed by atoms with Gasteiger partial charge in [0.25, 0.3) is 0 Å². The van der Waals surface area contributed by atoms with Crippen LogP contribution in [-0.4, -0.2) is 59.4 Å². The zero-order chi connectivity index (χ0) is 14.2. The summed E-state index contributed by atoms with van der Waals surface area (Å²) in [4.78, 5) is 0.0813. The van der Waals surface area contributed by atoms with Gasteiger partial charge in [-0.2, -0.15) is 4.31 Å². The molecule has 7 heteroatoms. The van der Waals surface area contributed by atoms with Crippen LogP contribution in [0.2, 0.25) is 0 Å². The van der Waals surface area contributed by atoms with E-state index in [9.17, 15) is 23.7 Å². The van der Waals surface area contributed by atoms with Gasteiger partial charge >= 0.3 is 0 Å². The van der Waals surface area contributed by atoms with Crippen molar-refractivity contribution >= 4 is 10.0 Å². The maximum absolute atomic E-state index is 12.4. The Morgan fingerprint density at radius 3 is 2.37 bits per heavy atom. The largest absolute Gasteiger partial charge is 0.395 e. The van der Waals surface area contributed by atoms with E-state index in [-0.39, 0.29) is 11.4 Å². The highest BCUT2D eigenvalue weighted by Crippen LogP contribution is 2.26. The monoisotopic (exact) mass is 287 g/mol. The fourth-order valence-electron chi connectivity index (χ4n) is 2.18. The molecule has 0 aliphatic carbocycles. The van der Waals surface area contributed by atoms with Crippen LogP contribution in [0.4, 0.5) is 0 Å². The van der Waals surface area contributed by atoms with Crippen molar-refractivity contribution in [2.45, 2.75) is 30.1 Å². The molecule has 1 aliphatic heterocycles. The van der Waals surface area contributed by atoms with Gasteiger partial charge in [0.1, 0.15) is 0 Å². The number of nitrogens with zero attached hydrogens (tertiary/aromatic N) is 1. The summed E-state index contributed by atoms with van der Waals surface area (Å²) in [6.07, 6.45) is -2.46. The van der Waals surface area contributed by atoms with Gasteiger partial charge in [-0.25, -0.2) is 8.42 Å². The van der Waals surface area contributed by atoms with Crippen LogP contribution in [0.5, 0.6) is 0 Å². The van der Waals surface area contributed by atoms with Crippen molar-refractivity contribution in [3.05, 3.63) is 29.8 Å². The minimum atomic E-state index is -3.83. The third-order valence-corrected chi connectivity index (χ3v) is 5.25. The Morgan fingerprint density at radius 2 is 1.84 bits per heavy atom. The molecule has 6 nitrogen and oxygen atoms in total. The van der Waals surface area contributed by atoms with E-state index >= 15 is 0 Å². The summed E-state index contributed by atoms with van der Waals surface area (Å²) in [5, 5.41) is 28.4. The van der Waals surface area contributed by atoms with Gasteiger partial charge in [-0.15, -0.1) is 0 Å². The highest BCUT2D eigenvalue weighted by molar-refractivity contribution is 7.89. The molecule has 0 amide bonds. The van der Waals surface area contributed by atoms with E-state index in [1.54, 1.807) is 12.1 Å². The van der Waals surface area contributed by atoms with Crippen molar-refractivity contribution in [2.24, 2.45) is 0 Å². The van der Waals surface area contributed by atoms with Crippen molar-refractivity contribution in [2.75, 3.05) is 13.2 Å². The lowest BCUT2D eigenvalue weighted by molar-refractivity contribution is 0.0265. The van der Waals surface area contributed by atoms with Gasteiger partial charge in [0.15, 0.2) is 0 Å². The SMILES string of the molecule is Cc1ccc(S(=O)(=O)N2C[C@@H](O)[C@H](O)[C@@H]2CO)cc1. The summed E-state index contributed by atoms with van der Waals surface area (Å²) in [5.74, 6) is 0. The highest BCUT2D eigenvalue weighted by atomic mass is 32.2. The summed E-state index contributed by atoms with van der Waals surface area (Å²) in [6, 6.07) is 5.26. The second kappa shape index (κ2) is 5.18. The summed E-state index contributed by atoms with van der Waals surface area (Å²) >= 11 is 0. The van der Waals surface area contributed by atoms with E-state index in [1.165, 1.54) is 12.1 Å². The molecule has 1 saturated heterocycles. The minimum absolute atomic E-state index is 0.0813. The number of rotatable bonds is 3. The first kappa shape index (κ1) is 14.4. The molecule has 19 heavy (non-hydrogen) atoms. The topological polar surface area (TPSA) is 98.1 Å². The van der Waals surface area contributed by atoms with E-state index in [0.29, 0.717) is 0 Å². The Morgan fingerprint density at radius 1 is 1.26 bits per heavy atom. The molecule has 1 fully saturated rings. The van der Waals surface area contributed by atoms with Crippen LogP contribution in [0.15, 0.2) is 29.2 Å². The average molecular weight is 287 g/mol. The molecule has 1 aromatic carbocycles. The van der Waals surface area contributed by atoms with Crippen LogP contribution in [0, 0.1) is 6.92 Å². The zero-order valence-corrected chi connectivity index (χ0v) is 11.3. The molecule has 1 aromatic rings. The van der Waals surface area contributed by atoms with Crippen molar-refractivity contribution in [1.29, 1.82) is 0 Å². The first-order valence-electron chi connectivity index (χ1n) is 5.93. The van der Waals surface area contributed by atoms with Gasteiger partial charge in [0, 0.05) is 6.54 Å². The zero-order valence-electron chi connectivity index (χ0n) is 10.5. The lowest BCUT2D eigenvalue weighted by Crippen LogP contribution is -2.42. The lowest BCUT2D eigenvalue weighted by Gasteiger charge is -2.23. The molecular weight excluding hydrogens is 270 g/mol. The molecule has 1 heterocycles. The number of aliphatic hydroxyl groups is 3. The molecule has 2 rings (SSSR count). The maximum atomic E-state index is 12.4. The van der Waals surface area contributed by atoms with E-state index in [0.717, 1.165) is 9.87 Å². The van der Waals surface area contributed by atoms with Crippen LogP contribution in [0.25, 0.3) is 0 Å². The standard InChI is InChI=1S/C12H17NO5S/c1-8-2-4-9(5-3-8)19(17,18)13-6-11(15)12(16)10(13)7-14/h2-5,10-12,14-16H,6-7H2,1H3/t10-,11+,12+/m0/s1. The van der Waals surface area contributed by atoms with Crippen molar-refractivity contribution in [1.82, 2.24) is 4.31 Å². The maximum Gasteiger partial charge on any atom is 0.243 e. The van der Waals surface area contributed by atoms with Crippen LogP contribution in [0.1, 0.15) is 5.56 Å². The molecule has 3 atom stereocenters. The normalized spacial score (nSPS) is 28.7. The van der Waals surface area contributed by atoms with Crippen LogP contribution in [-0.2, 0) is 10.0 Å². The van der Waals surface area contributed by atoms with Gasteiger partial charge in [-0.05, 0) is 19.1 Å². The van der Waals surface area contributed by atoms with Gasteiger partial charge < -0.3 is 15.3 Å². The quantitative estimate of drug-likeness (QED) is 0.668. The Hall–Kier alpha value is -0.990. The summed E-state index contributed by atoms with van der Waals surface area (Å²) < 4.78 is 25.7. The fraction of sp³-hybridized carbons (Fsp3) is 0.500. The predicted octanol–water partition coefficient (Wildman–Crippen LogP) is -0.918. The number of β-amino-alcohol motifs (C(OH)–C–C–N with tert-alkyl or cyclic N) is 1. The smallest absolute Gasteiger partial charge is 0.243 e. The Balaban J connectivity index is 2.37. The van der Waals surface area contributed by atoms with Gasteiger partial charge in [-0.3, -0.25) is 0 Å². The highest BCUT2D eigenvalue weighted by Gasteiger charge is 2.45. The number of benzene rings is 1. The Labute approximate surface area is 112 Å². The minimum Gasteiger partial charge on any atom is -0.395 e. The second-order valence-electron chi connectivity index (χ2n) is 4.70. The van der Waals surface area contributed by atoms with Crippen molar-refractivity contribution < 1.29 is 23.7 Å². The van der Waals surface area contributed by atoms with Crippen molar-refractivity contribution in [3.8, 4) is 0 Å². The molecular formula is C12H17NO5S. The first-order valence-corrected chi connectivity index (χ1v) is 7.37. The third-order valence-electron chi connectivity index (χ3n) is 3.34. The number of sulfonamides is 1. The average Bonchev–Trinajstić information content (AvgIpc) is 2.66. The number of hydrogen-bond acceptors (Lipinski definition) is 5. The molecule has 106 valence electrons. The van der Waals surface area contributed by atoms with E-state index < -0.39 is 34.9 Å². The Kier molecular flexibility index (Phi) is 3.93.